The number of anilines is 1. The van der Waals surface area contributed by atoms with Crippen molar-refractivity contribution in [2.75, 3.05) is 11.9 Å². The van der Waals surface area contributed by atoms with E-state index in [2.05, 4.69) is 28.0 Å². The van der Waals surface area contributed by atoms with E-state index in [4.69, 9.17) is 5.26 Å². The smallest absolute Gasteiger partial charge is 0.146 e. The van der Waals surface area contributed by atoms with Crippen LogP contribution in [0, 0.1) is 11.3 Å². The molecule has 2 rings (SSSR count). The highest BCUT2D eigenvalue weighted by Crippen LogP contribution is 2.15. The molecular formula is C14H17N5. The van der Waals surface area contributed by atoms with Gasteiger partial charge in [0.2, 0.25) is 0 Å². The normalized spacial score (nSPS) is 10.2. The molecule has 0 bridgehead atoms. The van der Waals surface area contributed by atoms with Crippen molar-refractivity contribution < 1.29 is 0 Å². The number of nitriles is 1. The van der Waals surface area contributed by atoms with Crippen molar-refractivity contribution in [2.24, 2.45) is 0 Å². The molecule has 0 N–H and O–H groups in total. The SMILES string of the molecule is CCCn1ncnc1CN(C)c1ccc(C#N)cc1. The van der Waals surface area contributed by atoms with Gasteiger partial charge in [-0.25, -0.2) is 9.67 Å². The predicted molar refractivity (Wildman–Crippen MR) is 73.6 cm³/mol. The third-order valence-corrected chi connectivity index (χ3v) is 2.95. The van der Waals surface area contributed by atoms with Crippen LogP contribution in [0.3, 0.4) is 0 Å². The first-order valence-corrected chi connectivity index (χ1v) is 6.32. The van der Waals surface area contributed by atoms with Gasteiger partial charge in [0.15, 0.2) is 0 Å². The topological polar surface area (TPSA) is 57.7 Å². The quantitative estimate of drug-likeness (QED) is 0.821. The average Bonchev–Trinajstić information content (AvgIpc) is 2.86. The van der Waals surface area contributed by atoms with Crippen molar-refractivity contribution >= 4 is 5.69 Å². The van der Waals surface area contributed by atoms with Gasteiger partial charge in [0, 0.05) is 19.3 Å². The third kappa shape index (κ3) is 3.10. The fraction of sp³-hybridized carbons (Fsp3) is 0.357. The summed E-state index contributed by atoms with van der Waals surface area (Å²) in [6.45, 7) is 3.71. The summed E-state index contributed by atoms with van der Waals surface area (Å²) in [5, 5.41) is 13.0. The highest BCUT2D eigenvalue weighted by atomic mass is 15.3. The Kier molecular flexibility index (Phi) is 4.14. The zero-order chi connectivity index (χ0) is 13.7. The molecule has 19 heavy (non-hydrogen) atoms. The highest BCUT2D eigenvalue weighted by Gasteiger charge is 2.08. The summed E-state index contributed by atoms with van der Waals surface area (Å²) in [5.41, 5.74) is 1.73. The second-order valence-electron chi connectivity index (χ2n) is 4.41. The molecule has 1 aromatic carbocycles. The fourth-order valence-corrected chi connectivity index (χ4v) is 1.90. The zero-order valence-electron chi connectivity index (χ0n) is 11.2. The highest BCUT2D eigenvalue weighted by molar-refractivity contribution is 5.48. The molecule has 0 aliphatic rings. The molecule has 0 radical (unpaired) electrons. The largest absolute Gasteiger partial charge is 0.367 e. The van der Waals surface area contributed by atoms with Crippen molar-refractivity contribution in [1.29, 1.82) is 5.26 Å². The molecule has 0 amide bonds. The van der Waals surface area contributed by atoms with E-state index in [1.165, 1.54) is 0 Å². The maximum Gasteiger partial charge on any atom is 0.146 e. The molecule has 5 nitrogen and oxygen atoms in total. The van der Waals surface area contributed by atoms with Crippen molar-refractivity contribution in [2.45, 2.75) is 26.4 Å². The second-order valence-corrected chi connectivity index (χ2v) is 4.41. The van der Waals surface area contributed by atoms with Gasteiger partial charge in [-0.2, -0.15) is 10.4 Å². The van der Waals surface area contributed by atoms with Crippen LogP contribution in [0.15, 0.2) is 30.6 Å². The molecule has 2 aromatic rings. The van der Waals surface area contributed by atoms with Gasteiger partial charge in [-0.05, 0) is 30.7 Å². The lowest BCUT2D eigenvalue weighted by Gasteiger charge is -2.19. The third-order valence-electron chi connectivity index (χ3n) is 2.95. The molecule has 1 heterocycles. The average molecular weight is 255 g/mol. The summed E-state index contributed by atoms with van der Waals surface area (Å²) >= 11 is 0. The van der Waals surface area contributed by atoms with Gasteiger partial charge in [-0.15, -0.1) is 0 Å². The molecule has 0 saturated heterocycles. The minimum Gasteiger partial charge on any atom is -0.367 e. The van der Waals surface area contributed by atoms with Gasteiger partial charge in [0.1, 0.15) is 12.2 Å². The maximum absolute atomic E-state index is 8.78. The maximum atomic E-state index is 8.78. The molecule has 0 spiro atoms. The van der Waals surface area contributed by atoms with Crippen molar-refractivity contribution in [1.82, 2.24) is 14.8 Å². The second kappa shape index (κ2) is 6.01. The Morgan fingerprint density at radius 2 is 2.05 bits per heavy atom. The van der Waals surface area contributed by atoms with E-state index < -0.39 is 0 Å². The van der Waals surface area contributed by atoms with Gasteiger partial charge in [0.05, 0.1) is 18.2 Å². The molecule has 1 aromatic heterocycles. The standard InChI is InChI=1S/C14H17N5/c1-3-8-19-14(16-11-17-19)10-18(2)13-6-4-12(9-15)5-7-13/h4-7,11H,3,8,10H2,1-2H3. The van der Waals surface area contributed by atoms with E-state index in [1.54, 1.807) is 6.33 Å². The molecule has 98 valence electrons. The molecule has 0 saturated carbocycles. The lowest BCUT2D eigenvalue weighted by atomic mass is 10.2. The summed E-state index contributed by atoms with van der Waals surface area (Å²) in [5.74, 6) is 0.953. The summed E-state index contributed by atoms with van der Waals surface area (Å²) in [4.78, 5) is 6.39. The van der Waals surface area contributed by atoms with E-state index in [0.717, 1.165) is 24.5 Å². The van der Waals surface area contributed by atoms with Gasteiger partial charge >= 0.3 is 0 Å². The number of benzene rings is 1. The first-order valence-electron chi connectivity index (χ1n) is 6.32. The molecule has 0 aliphatic carbocycles. The first kappa shape index (κ1) is 13.1. The Hall–Kier alpha value is -2.35. The minimum atomic E-state index is 0.672. The van der Waals surface area contributed by atoms with E-state index in [9.17, 15) is 0 Å². The Morgan fingerprint density at radius 1 is 1.32 bits per heavy atom. The monoisotopic (exact) mass is 255 g/mol. The number of rotatable bonds is 5. The Bertz CT molecular complexity index is 564. The van der Waals surface area contributed by atoms with Crippen molar-refractivity contribution in [3.63, 3.8) is 0 Å². The van der Waals surface area contributed by atoms with E-state index >= 15 is 0 Å². The van der Waals surface area contributed by atoms with Crippen LogP contribution in [0.1, 0.15) is 24.7 Å². The Balaban J connectivity index is 2.09. The molecule has 5 heteroatoms. The molecule has 0 fully saturated rings. The Labute approximate surface area is 113 Å². The molecule has 0 atom stereocenters. The van der Waals surface area contributed by atoms with Crippen molar-refractivity contribution in [3.05, 3.63) is 42.0 Å². The fourth-order valence-electron chi connectivity index (χ4n) is 1.90. The summed E-state index contributed by atoms with van der Waals surface area (Å²) < 4.78 is 1.93. The van der Waals surface area contributed by atoms with Crippen LogP contribution < -0.4 is 4.90 Å². The van der Waals surface area contributed by atoms with Crippen LogP contribution >= 0.6 is 0 Å². The summed E-state index contributed by atoms with van der Waals surface area (Å²) in [6, 6.07) is 9.65. The van der Waals surface area contributed by atoms with Gasteiger partial charge in [0.25, 0.3) is 0 Å². The van der Waals surface area contributed by atoms with Crippen LogP contribution in [-0.4, -0.2) is 21.8 Å². The van der Waals surface area contributed by atoms with Crippen LogP contribution in [0.2, 0.25) is 0 Å². The number of hydrogen-bond acceptors (Lipinski definition) is 4. The van der Waals surface area contributed by atoms with E-state index in [1.807, 2.05) is 36.0 Å². The number of nitrogens with zero attached hydrogens (tertiary/aromatic N) is 5. The molecule has 0 aliphatic heterocycles. The molecular weight excluding hydrogens is 238 g/mol. The first-order chi connectivity index (χ1) is 9.24. The van der Waals surface area contributed by atoms with Crippen LogP contribution in [-0.2, 0) is 13.1 Å². The summed E-state index contributed by atoms with van der Waals surface area (Å²) in [6.07, 6.45) is 2.63. The van der Waals surface area contributed by atoms with E-state index in [-0.39, 0.29) is 0 Å². The van der Waals surface area contributed by atoms with Crippen LogP contribution in [0.4, 0.5) is 5.69 Å². The minimum absolute atomic E-state index is 0.672. The Morgan fingerprint density at radius 3 is 2.68 bits per heavy atom. The van der Waals surface area contributed by atoms with Gasteiger partial charge < -0.3 is 4.90 Å². The lowest BCUT2D eigenvalue weighted by Crippen LogP contribution is -2.20. The zero-order valence-corrected chi connectivity index (χ0v) is 11.2. The van der Waals surface area contributed by atoms with Crippen LogP contribution in [0.25, 0.3) is 0 Å². The number of aromatic nitrogens is 3. The number of aryl methyl sites for hydroxylation is 1. The van der Waals surface area contributed by atoms with Crippen molar-refractivity contribution in [3.8, 4) is 6.07 Å². The number of hydrogen-bond donors (Lipinski definition) is 0. The summed E-state index contributed by atoms with van der Waals surface area (Å²) in [7, 11) is 2.01. The van der Waals surface area contributed by atoms with Crippen LogP contribution in [0.5, 0.6) is 0 Å². The van der Waals surface area contributed by atoms with Gasteiger partial charge in [-0.3, -0.25) is 0 Å². The predicted octanol–water partition coefficient (Wildman–Crippen LogP) is 2.20. The van der Waals surface area contributed by atoms with Gasteiger partial charge in [-0.1, -0.05) is 6.92 Å². The molecule has 0 unspecified atom stereocenters. The lowest BCUT2D eigenvalue weighted by molar-refractivity contribution is 0.566. The van der Waals surface area contributed by atoms with E-state index in [0.29, 0.717) is 12.1 Å².